The summed E-state index contributed by atoms with van der Waals surface area (Å²) in [6.45, 7) is 3.05. The van der Waals surface area contributed by atoms with Crippen LogP contribution in [0.5, 0.6) is 0 Å². The van der Waals surface area contributed by atoms with Crippen molar-refractivity contribution in [1.82, 2.24) is 10.6 Å². The molecule has 4 heteroatoms. The highest BCUT2D eigenvalue weighted by Crippen LogP contribution is 2.26. The summed E-state index contributed by atoms with van der Waals surface area (Å²) >= 11 is 12.1. The van der Waals surface area contributed by atoms with Gasteiger partial charge in [0.05, 0.1) is 10.0 Å². The molecule has 2 nitrogen and oxygen atoms in total. The van der Waals surface area contributed by atoms with Gasteiger partial charge in [0.1, 0.15) is 0 Å². The third kappa shape index (κ3) is 2.85. The Balaban J connectivity index is 2.06. The van der Waals surface area contributed by atoms with E-state index in [2.05, 4.69) is 10.6 Å². The molecule has 2 rings (SSSR count). The van der Waals surface area contributed by atoms with Gasteiger partial charge in [0.25, 0.3) is 0 Å². The van der Waals surface area contributed by atoms with E-state index in [4.69, 9.17) is 23.2 Å². The number of piperazine rings is 1. The predicted octanol–water partition coefficient (Wildman–Crippen LogP) is 2.10. The minimum Gasteiger partial charge on any atom is -0.314 e. The largest absolute Gasteiger partial charge is 0.314 e. The first-order valence-electron chi connectivity index (χ1n) is 5.14. The zero-order chi connectivity index (χ0) is 10.7. The maximum atomic E-state index is 6.13. The summed E-state index contributed by atoms with van der Waals surface area (Å²) in [5.74, 6) is 0. The number of halogens is 2. The summed E-state index contributed by atoms with van der Waals surface area (Å²) in [6.07, 6.45) is 0.923. The molecule has 82 valence electrons. The van der Waals surface area contributed by atoms with E-state index in [1.807, 2.05) is 18.2 Å². The number of rotatable bonds is 2. The highest BCUT2D eigenvalue weighted by atomic mass is 35.5. The first kappa shape index (κ1) is 11.2. The molecular formula is C11H14Cl2N2. The molecule has 1 heterocycles. The maximum Gasteiger partial charge on any atom is 0.0624 e. The van der Waals surface area contributed by atoms with Gasteiger partial charge in [0.2, 0.25) is 0 Å². The molecule has 1 aromatic carbocycles. The third-order valence-electron chi connectivity index (χ3n) is 2.62. The Kier molecular flexibility index (Phi) is 3.87. The SMILES string of the molecule is Clc1cccc(CC2CNCCN2)c1Cl. The Bertz CT molecular complexity index is 335. The molecule has 0 aliphatic carbocycles. The van der Waals surface area contributed by atoms with Gasteiger partial charge < -0.3 is 10.6 Å². The van der Waals surface area contributed by atoms with E-state index in [1.165, 1.54) is 0 Å². The molecule has 0 radical (unpaired) electrons. The Labute approximate surface area is 100.0 Å². The Hall–Kier alpha value is -0.280. The molecule has 1 unspecified atom stereocenters. The molecule has 1 aliphatic heterocycles. The van der Waals surface area contributed by atoms with Crippen LogP contribution in [0.2, 0.25) is 10.0 Å². The van der Waals surface area contributed by atoms with Gasteiger partial charge >= 0.3 is 0 Å². The van der Waals surface area contributed by atoms with Crippen molar-refractivity contribution in [1.29, 1.82) is 0 Å². The summed E-state index contributed by atoms with van der Waals surface area (Å²) in [5, 5.41) is 8.12. The van der Waals surface area contributed by atoms with Crippen LogP contribution in [0, 0.1) is 0 Å². The van der Waals surface area contributed by atoms with Gasteiger partial charge in [-0.2, -0.15) is 0 Å². The van der Waals surface area contributed by atoms with E-state index < -0.39 is 0 Å². The first-order chi connectivity index (χ1) is 7.27. The normalized spacial score (nSPS) is 21.6. The lowest BCUT2D eigenvalue weighted by Gasteiger charge is -2.24. The molecule has 15 heavy (non-hydrogen) atoms. The quantitative estimate of drug-likeness (QED) is 0.833. The van der Waals surface area contributed by atoms with Gasteiger partial charge in [-0.25, -0.2) is 0 Å². The van der Waals surface area contributed by atoms with Crippen LogP contribution in [-0.2, 0) is 6.42 Å². The molecule has 0 aromatic heterocycles. The summed E-state index contributed by atoms with van der Waals surface area (Å²) in [7, 11) is 0. The van der Waals surface area contributed by atoms with Gasteiger partial charge in [-0.1, -0.05) is 35.3 Å². The van der Waals surface area contributed by atoms with E-state index in [9.17, 15) is 0 Å². The lowest BCUT2D eigenvalue weighted by molar-refractivity contribution is 0.417. The fraction of sp³-hybridized carbons (Fsp3) is 0.455. The fourth-order valence-corrected chi connectivity index (χ4v) is 2.23. The van der Waals surface area contributed by atoms with Crippen LogP contribution in [0.1, 0.15) is 5.56 Å². The molecular weight excluding hydrogens is 231 g/mol. The standard InChI is InChI=1S/C11H14Cl2N2/c12-10-3-1-2-8(11(10)13)6-9-7-14-4-5-15-9/h1-3,9,14-15H,4-7H2. The van der Waals surface area contributed by atoms with E-state index in [1.54, 1.807) is 0 Å². The smallest absolute Gasteiger partial charge is 0.0624 e. The van der Waals surface area contributed by atoms with Crippen LogP contribution in [0.4, 0.5) is 0 Å². The van der Waals surface area contributed by atoms with Crippen molar-refractivity contribution in [2.24, 2.45) is 0 Å². The molecule has 0 amide bonds. The lowest BCUT2D eigenvalue weighted by Crippen LogP contribution is -2.49. The van der Waals surface area contributed by atoms with Crippen LogP contribution in [0.15, 0.2) is 18.2 Å². The maximum absolute atomic E-state index is 6.13. The van der Waals surface area contributed by atoms with Crippen molar-refractivity contribution in [3.8, 4) is 0 Å². The molecule has 0 saturated carbocycles. The second-order valence-corrected chi connectivity index (χ2v) is 4.56. The fourth-order valence-electron chi connectivity index (χ4n) is 1.83. The minimum absolute atomic E-state index is 0.453. The molecule has 1 aromatic rings. The third-order valence-corrected chi connectivity index (χ3v) is 3.48. The van der Waals surface area contributed by atoms with Gasteiger partial charge in [-0.05, 0) is 18.1 Å². The van der Waals surface area contributed by atoms with Gasteiger partial charge in [-0.15, -0.1) is 0 Å². The topological polar surface area (TPSA) is 24.1 Å². The van der Waals surface area contributed by atoms with E-state index in [-0.39, 0.29) is 0 Å². The van der Waals surface area contributed by atoms with Crippen molar-refractivity contribution in [2.75, 3.05) is 19.6 Å². The van der Waals surface area contributed by atoms with Crippen molar-refractivity contribution in [3.63, 3.8) is 0 Å². The van der Waals surface area contributed by atoms with Crippen LogP contribution in [0.3, 0.4) is 0 Å². The molecule has 2 N–H and O–H groups in total. The van der Waals surface area contributed by atoms with Crippen LogP contribution < -0.4 is 10.6 Å². The Morgan fingerprint density at radius 2 is 2.13 bits per heavy atom. The van der Waals surface area contributed by atoms with E-state index in [0.717, 1.165) is 31.6 Å². The van der Waals surface area contributed by atoms with Crippen LogP contribution >= 0.6 is 23.2 Å². The van der Waals surface area contributed by atoms with Crippen molar-refractivity contribution in [3.05, 3.63) is 33.8 Å². The van der Waals surface area contributed by atoms with Gasteiger partial charge in [0.15, 0.2) is 0 Å². The van der Waals surface area contributed by atoms with Crippen molar-refractivity contribution >= 4 is 23.2 Å². The second kappa shape index (κ2) is 5.17. The van der Waals surface area contributed by atoms with Crippen LogP contribution in [-0.4, -0.2) is 25.7 Å². The van der Waals surface area contributed by atoms with Crippen molar-refractivity contribution < 1.29 is 0 Å². The summed E-state index contributed by atoms with van der Waals surface area (Å²) in [6, 6.07) is 6.25. The zero-order valence-corrected chi connectivity index (χ0v) is 9.91. The average Bonchev–Trinajstić information content (AvgIpc) is 2.26. The second-order valence-electron chi connectivity index (χ2n) is 3.77. The molecule has 1 saturated heterocycles. The Morgan fingerprint density at radius 1 is 1.27 bits per heavy atom. The summed E-state index contributed by atoms with van der Waals surface area (Å²) < 4.78 is 0. The monoisotopic (exact) mass is 244 g/mol. The molecule has 1 aliphatic rings. The van der Waals surface area contributed by atoms with Crippen molar-refractivity contribution in [2.45, 2.75) is 12.5 Å². The number of nitrogens with one attached hydrogen (secondary N) is 2. The number of benzene rings is 1. The highest BCUT2D eigenvalue weighted by molar-refractivity contribution is 6.42. The zero-order valence-electron chi connectivity index (χ0n) is 8.39. The average molecular weight is 245 g/mol. The predicted molar refractivity (Wildman–Crippen MR) is 64.8 cm³/mol. The highest BCUT2D eigenvalue weighted by Gasteiger charge is 2.14. The van der Waals surface area contributed by atoms with E-state index in [0.29, 0.717) is 16.1 Å². The summed E-state index contributed by atoms with van der Waals surface area (Å²) in [4.78, 5) is 0. The van der Waals surface area contributed by atoms with Gasteiger partial charge in [0, 0.05) is 25.7 Å². The lowest BCUT2D eigenvalue weighted by atomic mass is 10.0. The first-order valence-corrected chi connectivity index (χ1v) is 5.90. The summed E-state index contributed by atoms with van der Waals surface area (Å²) in [5.41, 5.74) is 1.12. The molecule has 1 atom stereocenters. The van der Waals surface area contributed by atoms with E-state index >= 15 is 0 Å². The number of hydrogen-bond acceptors (Lipinski definition) is 2. The number of hydrogen-bond donors (Lipinski definition) is 2. The minimum atomic E-state index is 0.453. The molecule has 0 bridgehead atoms. The molecule has 1 fully saturated rings. The van der Waals surface area contributed by atoms with Gasteiger partial charge in [-0.3, -0.25) is 0 Å². The molecule has 0 spiro atoms. The Morgan fingerprint density at radius 3 is 2.87 bits per heavy atom. The van der Waals surface area contributed by atoms with Crippen LogP contribution in [0.25, 0.3) is 0 Å².